The number of benzene rings is 1. The fourth-order valence-electron chi connectivity index (χ4n) is 0.924. The van der Waals surface area contributed by atoms with Crippen LogP contribution >= 0.6 is 0 Å². The average molecular weight is 201 g/mol. The van der Waals surface area contributed by atoms with Gasteiger partial charge in [-0.25, -0.2) is 0 Å². The highest BCUT2D eigenvalue weighted by atomic mass is 16.3. The van der Waals surface area contributed by atoms with Crippen molar-refractivity contribution in [1.29, 1.82) is 10.5 Å². The maximum Gasteiger partial charge on any atom is 0.145 e. The van der Waals surface area contributed by atoms with Crippen molar-refractivity contribution < 1.29 is 10.2 Å². The number of phenols is 2. The van der Waals surface area contributed by atoms with Crippen LogP contribution in [0.1, 0.15) is 0 Å². The van der Waals surface area contributed by atoms with Crippen LogP contribution in [-0.4, -0.2) is 10.2 Å². The largest absolute Gasteiger partial charge is 0.508 e. The lowest BCUT2D eigenvalue weighted by Crippen LogP contribution is -1.89. The molecule has 0 aliphatic rings. The van der Waals surface area contributed by atoms with E-state index in [0.717, 1.165) is 0 Å². The Morgan fingerprint density at radius 2 is 1.67 bits per heavy atom. The van der Waals surface area contributed by atoms with Crippen LogP contribution in [0, 0.1) is 22.7 Å². The van der Waals surface area contributed by atoms with E-state index < -0.39 is 0 Å². The van der Waals surface area contributed by atoms with Gasteiger partial charge in [0.05, 0.1) is 0 Å². The van der Waals surface area contributed by atoms with Crippen molar-refractivity contribution in [2.24, 2.45) is 0 Å². The Kier molecular flexibility index (Phi) is 3.15. The standard InChI is InChI=1S/C10H7N3O2/c11-4-7(5-12)6-13-8-1-9(14)3-10(15)2-8/h1-3,6,13-15H. The normalized spacial score (nSPS) is 8.40. The minimum absolute atomic E-state index is 0.0992. The molecule has 0 saturated heterocycles. The number of phenolic OH excluding ortho intramolecular Hbond substituents is 2. The first-order valence-electron chi connectivity index (χ1n) is 3.95. The Hall–Kier alpha value is -2.66. The third-order valence-electron chi connectivity index (χ3n) is 1.53. The number of hydrogen-bond donors (Lipinski definition) is 3. The molecule has 0 radical (unpaired) electrons. The molecule has 0 aliphatic carbocycles. The van der Waals surface area contributed by atoms with Crippen LogP contribution in [0.3, 0.4) is 0 Å². The molecule has 0 aromatic heterocycles. The van der Waals surface area contributed by atoms with Gasteiger partial charge in [0.2, 0.25) is 0 Å². The summed E-state index contributed by atoms with van der Waals surface area (Å²) in [5.41, 5.74) is 0.285. The number of nitrogens with one attached hydrogen (secondary N) is 1. The number of nitrogens with zero attached hydrogens (tertiary/aromatic N) is 2. The SMILES string of the molecule is N#CC(C#N)=CNc1cc(O)cc(O)c1. The lowest BCUT2D eigenvalue weighted by molar-refractivity contribution is 0.451. The molecule has 74 valence electrons. The van der Waals surface area contributed by atoms with Crippen molar-refractivity contribution >= 4 is 5.69 Å². The molecular weight excluding hydrogens is 194 g/mol. The first kappa shape index (κ1) is 10.4. The molecule has 0 amide bonds. The number of nitriles is 2. The van der Waals surface area contributed by atoms with E-state index in [9.17, 15) is 0 Å². The fraction of sp³-hybridized carbons (Fsp3) is 0. The van der Waals surface area contributed by atoms with Crippen LogP contribution in [-0.2, 0) is 0 Å². The smallest absolute Gasteiger partial charge is 0.145 e. The molecule has 3 N–H and O–H groups in total. The van der Waals surface area contributed by atoms with E-state index >= 15 is 0 Å². The van der Waals surface area contributed by atoms with Gasteiger partial charge in [-0.3, -0.25) is 0 Å². The van der Waals surface area contributed by atoms with Gasteiger partial charge in [-0.1, -0.05) is 0 Å². The van der Waals surface area contributed by atoms with Crippen LogP contribution in [0.15, 0.2) is 30.0 Å². The molecule has 15 heavy (non-hydrogen) atoms. The molecule has 1 rings (SSSR count). The monoisotopic (exact) mass is 201 g/mol. The number of allylic oxidation sites excluding steroid dienone is 1. The van der Waals surface area contributed by atoms with Crippen molar-refractivity contribution in [3.63, 3.8) is 0 Å². The molecule has 0 spiro atoms. The molecule has 0 fully saturated rings. The summed E-state index contributed by atoms with van der Waals surface area (Å²) in [6.07, 6.45) is 1.19. The molecule has 0 atom stereocenters. The predicted molar refractivity (Wildman–Crippen MR) is 52.7 cm³/mol. The van der Waals surface area contributed by atoms with Crippen molar-refractivity contribution in [2.75, 3.05) is 5.32 Å². The van der Waals surface area contributed by atoms with E-state index in [1.807, 2.05) is 0 Å². The van der Waals surface area contributed by atoms with Gasteiger partial charge in [0.15, 0.2) is 0 Å². The maximum absolute atomic E-state index is 9.12. The van der Waals surface area contributed by atoms with Crippen LogP contribution in [0.2, 0.25) is 0 Å². The van der Waals surface area contributed by atoms with E-state index in [4.69, 9.17) is 20.7 Å². The second-order valence-corrected chi connectivity index (χ2v) is 2.66. The van der Waals surface area contributed by atoms with Crippen LogP contribution in [0.25, 0.3) is 0 Å². The number of rotatable bonds is 2. The van der Waals surface area contributed by atoms with Gasteiger partial charge in [0.25, 0.3) is 0 Å². The van der Waals surface area contributed by atoms with E-state index in [-0.39, 0.29) is 17.1 Å². The maximum atomic E-state index is 9.12. The van der Waals surface area contributed by atoms with Crippen molar-refractivity contribution in [2.45, 2.75) is 0 Å². The average Bonchev–Trinajstić information content (AvgIpc) is 2.18. The molecule has 1 aromatic carbocycles. The molecular formula is C10H7N3O2. The van der Waals surface area contributed by atoms with E-state index in [0.29, 0.717) is 5.69 Å². The Morgan fingerprint density at radius 1 is 1.13 bits per heavy atom. The first-order chi connectivity index (χ1) is 7.15. The van der Waals surface area contributed by atoms with Crippen LogP contribution in [0.4, 0.5) is 5.69 Å². The third kappa shape index (κ3) is 2.94. The van der Waals surface area contributed by atoms with Crippen molar-refractivity contribution in [1.82, 2.24) is 0 Å². The molecule has 5 heteroatoms. The highest BCUT2D eigenvalue weighted by Gasteiger charge is 1.97. The third-order valence-corrected chi connectivity index (χ3v) is 1.53. The van der Waals surface area contributed by atoms with Crippen LogP contribution in [0.5, 0.6) is 11.5 Å². The second-order valence-electron chi connectivity index (χ2n) is 2.66. The number of hydrogen-bond acceptors (Lipinski definition) is 5. The van der Waals surface area contributed by atoms with Gasteiger partial charge in [-0.05, 0) is 0 Å². The molecule has 0 bridgehead atoms. The lowest BCUT2D eigenvalue weighted by atomic mass is 10.2. The van der Waals surface area contributed by atoms with E-state index in [1.165, 1.54) is 24.4 Å². The molecule has 5 nitrogen and oxygen atoms in total. The van der Waals surface area contributed by atoms with Crippen molar-refractivity contribution in [3.05, 3.63) is 30.0 Å². The van der Waals surface area contributed by atoms with Crippen LogP contribution < -0.4 is 5.32 Å². The van der Waals surface area contributed by atoms with E-state index in [1.54, 1.807) is 12.1 Å². The first-order valence-corrected chi connectivity index (χ1v) is 3.95. The fourth-order valence-corrected chi connectivity index (χ4v) is 0.924. The van der Waals surface area contributed by atoms with E-state index in [2.05, 4.69) is 5.32 Å². The summed E-state index contributed by atoms with van der Waals surface area (Å²) in [5, 5.41) is 37.7. The van der Waals surface area contributed by atoms with Gasteiger partial charge < -0.3 is 15.5 Å². The van der Waals surface area contributed by atoms with Gasteiger partial charge in [0.1, 0.15) is 29.2 Å². The zero-order valence-electron chi connectivity index (χ0n) is 7.60. The lowest BCUT2D eigenvalue weighted by Gasteiger charge is -2.02. The summed E-state index contributed by atoms with van der Waals surface area (Å²) in [4.78, 5) is 0. The minimum atomic E-state index is -0.110. The zero-order chi connectivity index (χ0) is 11.3. The highest BCUT2D eigenvalue weighted by Crippen LogP contribution is 2.23. The summed E-state index contributed by atoms with van der Waals surface area (Å²) >= 11 is 0. The van der Waals surface area contributed by atoms with Gasteiger partial charge in [0, 0.05) is 30.1 Å². The Morgan fingerprint density at radius 3 is 2.13 bits per heavy atom. The molecule has 0 saturated carbocycles. The summed E-state index contributed by atoms with van der Waals surface area (Å²) in [7, 11) is 0. The Balaban J connectivity index is 2.88. The number of anilines is 1. The van der Waals surface area contributed by atoms with Crippen molar-refractivity contribution in [3.8, 4) is 23.6 Å². The van der Waals surface area contributed by atoms with Gasteiger partial charge in [-0.15, -0.1) is 0 Å². The number of aromatic hydroxyl groups is 2. The summed E-state index contributed by atoms with van der Waals surface area (Å²) in [5.74, 6) is -0.220. The Labute approximate surface area is 86.1 Å². The highest BCUT2D eigenvalue weighted by molar-refractivity contribution is 5.55. The molecule has 0 aliphatic heterocycles. The van der Waals surface area contributed by atoms with Gasteiger partial charge >= 0.3 is 0 Å². The summed E-state index contributed by atoms with van der Waals surface area (Å²) in [6, 6.07) is 7.20. The zero-order valence-corrected chi connectivity index (χ0v) is 7.60. The predicted octanol–water partition coefficient (Wildman–Crippen LogP) is 1.44. The summed E-state index contributed by atoms with van der Waals surface area (Å²) < 4.78 is 0. The molecule has 1 aromatic rings. The molecule has 0 heterocycles. The molecule has 0 unspecified atom stereocenters. The van der Waals surface area contributed by atoms with Gasteiger partial charge in [-0.2, -0.15) is 10.5 Å². The topological polar surface area (TPSA) is 100 Å². The Bertz CT molecular complexity index is 444. The minimum Gasteiger partial charge on any atom is -0.508 e. The second kappa shape index (κ2) is 4.54. The summed E-state index contributed by atoms with van der Waals surface area (Å²) in [6.45, 7) is 0. The quantitative estimate of drug-likeness (QED) is 0.628.